The molecule has 0 spiro atoms. The molecule has 0 rings (SSSR count). The van der Waals surface area contributed by atoms with Gasteiger partial charge in [-0.25, -0.2) is 0 Å². The Bertz CT molecular complexity index is 1400. The number of hydrogen-bond donors (Lipinski definition) is 0. The van der Waals surface area contributed by atoms with Crippen molar-refractivity contribution < 1.29 is 28.6 Å². The molecule has 0 aromatic carbocycles. The lowest BCUT2D eigenvalue weighted by molar-refractivity contribution is -0.167. The molecule has 0 aliphatic carbocycles. The van der Waals surface area contributed by atoms with Crippen molar-refractivity contribution in [1.29, 1.82) is 0 Å². The Hall–Kier alpha value is -3.67. The Morgan fingerprint density at radius 1 is 0.300 bits per heavy atom. The van der Waals surface area contributed by atoms with Gasteiger partial charge in [-0.05, 0) is 122 Å². The van der Waals surface area contributed by atoms with E-state index >= 15 is 0 Å². The number of allylic oxidation sites excluding steroid dienone is 16. The summed E-state index contributed by atoms with van der Waals surface area (Å²) in [5.74, 6) is -0.939. The molecule has 0 heterocycles. The fraction of sp³-hybridized carbons (Fsp3) is 0.703. The highest BCUT2D eigenvalue weighted by Gasteiger charge is 2.19. The Morgan fingerprint density at radius 3 is 0.929 bits per heavy atom. The van der Waals surface area contributed by atoms with Crippen LogP contribution in [-0.2, 0) is 28.6 Å². The topological polar surface area (TPSA) is 78.9 Å². The average Bonchev–Trinajstić information content (AvgIpc) is 3.36. The van der Waals surface area contributed by atoms with Gasteiger partial charge in [-0.1, -0.05) is 227 Å². The van der Waals surface area contributed by atoms with E-state index in [1.54, 1.807) is 0 Å². The zero-order valence-corrected chi connectivity index (χ0v) is 45.8. The van der Waals surface area contributed by atoms with Crippen LogP contribution in [0.5, 0.6) is 0 Å². The van der Waals surface area contributed by atoms with Gasteiger partial charge in [-0.3, -0.25) is 14.4 Å². The van der Waals surface area contributed by atoms with Crippen molar-refractivity contribution in [3.05, 3.63) is 97.2 Å². The highest BCUT2D eigenvalue weighted by atomic mass is 16.6. The van der Waals surface area contributed by atoms with E-state index in [1.165, 1.54) is 116 Å². The molecule has 1 unspecified atom stereocenters. The van der Waals surface area contributed by atoms with E-state index < -0.39 is 6.10 Å². The van der Waals surface area contributed by atoms with Crippen molar-refractivity contribution in [3.8, 4) is 0 Å². The maximum atomic E-state index is 12.9. The van der Waals surface area contributed by atoms with E-state index in [2.05, 4.69) is 118 Å². The first kappa shape index (κ1) is 66.3. The van der Waals surface area contributed by atoms with E-state index in [4.69, 9.17) is 14.2 Å². The Labute approximate surface area is 432 Å². The molecule has 0 radical (unpaired) electrons. The maximum Gasteiger partial charge on any atom is 0.306 e. The summed E-state index contributed by atoms with van der Waals surface area (Å²) in [5.41, 5.74) is 0. The molecular formula is C64H108O6. The first-order valence-electron chi connectivity index (χ1n) is 29.2. The standard InChI is InChI=1S/C64H108O6/c1-4-7-10-13-16-19-22-25-27-29-31-32-34-35-37-39-42-45-48-51-54-57-63(66)69-60-61(59-68-62(65)56-53-50-47-44-41-24-21-18-15-12-9-6-3)70-64(67)58-55-52-49-46-43-40-38-36-33-30-28-26-23-20-17-14-11-8-5-2/h8,11,17-18,20-22,25-26,28-29,31,33,36,40,43,61H,4-7,9-10,12-16,19,23-24,27,30,32,34-35,37-39,41-42,44-60H2,1-3H3/b11-8-,20-17-,21-18-,25-22-,28-26-,31-29-,36-33-,43-40-. The Kier molecular flexibility index (Phi) is 54.9. The first-order chi connectivity index (χ1) is 34.5. The molecule has 6 heteroatoms. The minimum Gasteiger partial charge on any atom is -0.462 e. The van der Waals surface area contributed by atoms with Crippen molar-refractivity contribution in [2.75, 3.05) is 13.2 Å². The lowest BCUT2D eigenvalue weighted by Gasteiger charge is -2.18. The predicted octanol–water partition coefficient (Wildman–Crippen LogP) is 19.7. The Morgan fingerprint density at radius 2 is 0.557 bits per heavy atom. The number of ether oxygens (including phenoxy) is 3. The fourth-order valence-corrected chi connectivity index (χ4v) is 7.91. The zero-order valence-electron chi connectivity index (χ0n) is 45.8. The van der Waals surface area contributed by atoms with E-state index in [1.807, 2.05) is 0 Å². The molecule has 0 aliphatic rings. The van der Waals surface area contributed by atoms with E-state index in [9.17, 15) is 14.4 Å². The molecule has 70 heavy (non-hydrogen) atoms. The van der Waals surface area contributed by atoms with Gasteiger partial charge in [0.1, 0.15) is 13.2 Å². The van der Waals surface area contributed by atoms with Gasteiger partial charge < -0.3 is 14.2 Å². The molecule has 0 amide bonds. The van der Waals surface area contributed by atoms with Crippen molar-refractivity contribution in [1.82, 2.24) is 0 Å². The zero-order chi connectivity index (χ0) is 50.7. The third-order valence-corrected chi connectivity index (χ3v) is 12.3. The lowest BCUT2D eigenvalue weighted by Crippen LogP contribution is -2.30. The number of carbonyl (C=O) groups excluding carboxylic acids is 3. The molecule has 0 aromatic heterocycles. The third kappa shape index (κ3) is 55.3. The number of carbonyl (C=O) groups is 3. The van der Waals surface area contributed by atoms with Crippen molar-refractivity contribution in [2.45, 2.75) is 277 Å². The number of rotatable bonds is 52. The second-order valence-electron chi connectivity index (χ2n) is 19.2. The normalized spacial score (nSPS) is 12.8. The van der Waals surface area contributed by atoms with Crippen LogP contribution in [0.4, 0.5) is 0 Å². The molecule has 0 aromatic rings. The van der Waals surface area contributed by atoms with Gasteiger partial charge in [0.25, 0.3) is 0 Å². The summed E-state index contributed by atoms with van der Waals surface area (Å²) in [6, 6.07) is 0. The minimum absolute atomic E-state index is 0.0962. The largest absolute Gasteiger partial charge is 0.462 e. The summed E-state index contributed by atoms with van der Waals surface area (Å²) in [5, 5.41) is 0. The third-order valence-electron chi connectivity index (χ3n) is 12.3. The van der Waals surface area contributed by atoms with Gasteiger partial charge in [0.05, 0.1) is 0 Å². The maximum absolute atomic E-state index is 12.9. The number of unbranched alkanes of at least 4 members (excludes halogenated alkanes) is 25. The SMILES string of the molecule is CC/C=C\C/C=C\C/C=C\C/C=C\C/C=C\CCCCCC(=O)OC(COC(=O)CCCCCCC/C=C\CCCCC)COC(=O)CCCCCCCCCCC/C=C\C/C=C\CCCCCCC. The van der Waals surface area contributed by atoms with Gasteiger partial charge in [0.2, 0.25) is 0 Å². The van der Waals surface area contributed by atoms with Crippen LogP contribution < -0.4 is 0 Å². The number of esters is 3. The fourth-order valence-electron chi connectivity index (χ4n) is 7.91. The number of hydrogen-bond acceptors (Lipinski definition) is 6. The highest BCUT2D eigenvalue weighted by molar-refractivity contribution is 5.71. The smallest absolute Gasteiger partial charge is 0.306 e. The highest BCUT2D eigenvalue weighted by Crippen LogP contribution is 2.14. The van der Waals surface area contributed by atoms with Gasteiger partial charge >= 0.3 is 17.9 Å². The predicted molar refractivity (Wildman–Crippen MR) is 302 cm³/mol. The quantitative estimate of drug-likeness (QED) is 0.0262. The minimum atomic E-state index is -0.801. The van der Waals surface area contributed by atoms with Crippen LogP contribution in [0.3, 0.4) is 0 Å². The van der Waals surface area contributed by atoms with Gasteiger partial charge in [-0.15, -0.1) is 0 Å². The van der Waals surface area contributed by atoms with Crippen LogP contribution in [-0.4, -0.2) is 37.2 Å². The summed E-state index contributed by atoms with van der Waals surface area (Å²) < 4.78 is 16.8. The van der Waals surface area contributed by atoms with Gasteiger partial charge in [0.15, 0.2) is 6.10 Å². The molecule has 0 fully saturated rings. The molecule has 6 nitrogen and oxygen atoms in total. The summed E-state index contributed by atoms with van der Waals surface area (Å²) in [7, 11) is 0. The molecule has 1 atom stereocenters. The van der Waals surface area contributed by atoms with E-state index in [-0.39, 0.29) is 37.5 Å². The van der Waals surface area contributed by atoms with Crippen LogP contribution in [0.2, 0.25) is 0 Å². The molecule has 0 N–H and O–H groups in total. The monoisotopic (exact) mass is 973 g/mol. The molecule has 0 bridgehead atoms. The second-order valence-corrected chi connectivity index (χ2v) is 19.2. The molecule has 400 valence electrons. The van der Waals surface area contributed by atoms with Crippen molar-refractivity contribution >= 4 is 17.9 Å². The van der Waals surface area contributed by atoms with Gasteiger partial charge in [0, 0.05) is 19.3 Å². The summed E-state index contributed by atoms with van der Waals surface area (Å²) >= 11 is 0. The van der Waals surface area contributed by atoms with Crippen LogP contribution >= 0.6 is 0 Å². The Balaban J connectivity index is 4.42. The first-order valence-corrected chi connectivity index (χ1v) is 29.2. The van der Waals surface area contributed by atoms with Crippen LogP contribution in [0.1, 0.15) is 271 Å². The summed E-state index contributed by atoms with van der Waals surface area (Å²) in [4.78, 5) is 38.2. The van der Waals surface area contributed by atoms with Crippen LogP contribution in [0, 0.1) is 0 Å². The van der Waals surface area contributed by atoms with Crippen molar-refractivity contribution in [2.24, 2.45) is 0 Å². The molecular weight excluding hydrogens is 865 g/mol. The van der Waals surface area contributed by atoms with E-state index in [0.717, 1.165) is 116 Å². The second kappa shape index (κ2) is 57.9. The van der Waals surface area contributed by atoms with E-state index in [0.29, 0.717) is 12.8 Å². The molecule has 0 aliphatic heterocycles. The van der Waals surface area contributed by atoms with Crippen LogP contribution in [0.25, 0.3) is 0 Å². The van der Waals surface area contributed by atoms with Gasteiger partial charge in [-0.2, -0.15) is 0 Å². The molecule has 0 saturated carbocycles. The molecule has 0 saturated heterocycles. The summed E-state index contributed by atoms with van der Waals surface area (Å²) in [6.07, 6.45) is 76.8. The van der Waals surface area contributed by atoms with Crippen LogP contribution in [0.15, 0.2) is 97.2 Å². The van der Waals surface area contributed by atoms with Crippen molar-refractivity contribution in [3.63, 3.8) is 0 Å². The lowest BCUT2D eigenvalue weighted by atomic mass is 10.1. The average molecular weight is 974 g/mol. The summed E-state index contributed by atoms with van der Waals surface area (Å²) in [6.45, 7) is 6.46.